The number of fused-ring (bicyclic) bond motifs is 7. The van der Waals surface area contributed by atoms with Crippen LogP contribution in [0.25, 0.3) is 99.4 Å². The van der Waals surface area contributed by atoms with Gasteiger partial charge in [-0.05, 0) is 45.8 Å². The Hall–Kier alpha value is -6.78. The smallest absolute Gasteiger partial charge is 0.160 e. The fourth-order valence-electron chi connectivity index (χ4n) is 7.06. The van der Waals surface area contributed by atoms with Crippen LogP contribution < -0.4 is 0 Å². The first-order chi connectivity index (χ1) is 24.7. The monoisotopic (exact) mass is 636 g/mol. The number of hydrogen-bond acceptors (Lipinski definition) is 4. The second-order valence-corrected chi connectivity index (χ2v) is 12.7. The van der Waals surface area contributed by atoms with Crippen molar-refractivity contribution in [1.29, 1.82) is 0 Å². The summed E-state index contributed by atoms with van der Waals surface area (Å²) in [6.45, 7) is 0. The Bertz CT molecular complexity index is 2920. The zero-order valence-corrected chi connectivity index (χ0v) is 27.0. The Kier molecular flexibility index (Phi) is 6.46. The Labute approximate surface area is 288 Å². The number of aromatic nitrogens is 4. The van der Waals surface area contributed by atoms with Gasteiger partial charge in [0, 0.05) is 38.4 Å². The van der Waals surface area contributed by atoms with Crippen molar-refractivity contribution < 1.29 is 0 Å². The second kappa shape index (κ2) is 11.4. The fraction of sp³-hybridized carbons (Fsp3) is 0. The van der Waals surface area contributed by atoms with Crippen LogP contribution in [0.1, 0.15) is 0 Å². The lowest BCUT2D eigenvalue weighted by Gasteiger charge is -2.12. The molecule has 0 N–H and O–H groups in total. The van der Waals surface area contributed by atoms with Gasteiger partial charge in [-0.2, -0.15) is 0 Å². The van der Waals surface area contributed by atoms with Crippen LogP contribution in [0, 0.1) is 0 Å². The molecule has 3 heterocycles. The van der Waals surface area contributed by atoms with E-state index in [9.17, 15) is 0 Å². The zero-order chi connectivity index (χ0) is 33.0. The molecule has 0 bridgehead atoms. The second-order valence-electron chi connectivity index (χ2n) is 12.7. The lowest BCUT2D eigenvalue weighted by molar-refractivity contribution is 1.23. The van der Waals surface area contributed by atoms with Crippen molar-refractivity contribution in [2.75, 3.05) is 0 Å². The average Bonchev–Trinajstić information content (AvgIpc) is 3.20. The minimum absolute atomic E-state index is 0.693. The molecule has 0 unspecified atom stereocenters. The molecule has 0 amide bonds. The molecule has 0 aliphatic carbocycles. The van der Waals surface area contributed by atoms with Crippen LogP contribution in [0.3, 0.4) is 0 Å². The largest absolute Gasteiger partial charge is 0.245 e. The highest BCUT2D eigenvalue weighted by molar-refractivity contribution is 6.09. The predicted octanol–water partition coefficient (Wildman–Crippen LogP) is 11.7. The van der Waals surface area contributed by atoms with Crippen molar-refractivity contribution in [3.05, 3.63) is 170 Å². The molecule has 0 fully saturated rings. The van der Waals surface area contributed by atoms with E-state index in [1.165, 1.54) is 21.5 Å². The minimum atomic E-state index is 0.693. The highest BCUT2D eigenvalue weighted by Gasteiger charge is 2.14. The Balaban J connectivity index is 1.06. The highest BCUT2D eigenvalue weighted by atomic mass is 14.9. The van der Waals surface area contributed by atoms with Crippen LogP contribution in [-0.2, 0) is 0 Å². The molecule has 4 heteroatoms. The molecular formula is C46H28N4. The van der Waals surface area contributed by atoms with Gasteiger partial charge in [0.2, 0.25) is 0 Å². The number of nitrogens with zero attached hydrogens (tertiary/aromatic N) is 4. The summed E-state index contributed by atoms with van der Waals surface area (Å²) in [5, 5.41) is 8.07. The molecule has 10 aromatic rings. The highest BCUT2D eigenvalue weighted by Crippen LogP contribution is 2.34. The van der Waals surface area contributed by atoms with Crippen molar-refractivity contribution in [2.45, 2.75) is 0 Å². The number of para-hydroxylation sites is 1. The van der Waals surface area contributed by atoms with Crippen molar-refractivity contribution in [3.63, 3.8) is 0 Å². The SMILES string of the molecule is c1ccc(-c2ccc3ccc4ccc(-c5ccc(-c6nc(-c7ccc8ccc9ccccc9c8c7)c7ccccc7n6)cc5)nc4c3n2)cc1. The zero-order valence-electron chi connectivity index (χ0n) is 27.0. The van der Waals surface area contributed by atoms with Crippen LogP contribution in [0.5, 0.6) is 0 Å². The molecule has 0 saturated carbocycles. The van der Waals surface area contributed by atoms with Crippen LogP contribution >= 0.6 is 0 Å². The van der Waals surface area contributed by atoms with Gasteiger partial charge < -0.3 is 0 Å². The van der Waals surface area contributed by atoms with E-state index in [1.54, 1.807) is 0 Å². The van der Waals surface area contributed by atoms with Gasteiger partial charge in [-0.1, -0.05) is 146 Å². The first kappa shape index (κ1) is 28.3. The van der Waals surface area contributed by atoms with Crippen molar-refractivity contribution in [3.8, 4) is 45.2 Å². The summed E-state index contributed by atoms with van der Waals surface area (Å²) in [5.74, 6) is 0.693. The molecular weight excluding hydrogens is 609 g/mol. The Morgan fingerprint density at radius 1 is 0.300 bits per heavy atom. The summed E-state index contributed by atoms with van der Waals surface area (Å²) in [4.78, 5) is 20.5. The Morgan fingerprint density at radius 3 is 1.56 bits per heavy atom. The van der Waals surface area contributed by atoms with Gasteiger partial charge in [0.1, 0.15) is 0 Å². The van der Waals surface area contributed by atoms with E-state index in [-0.39, 0.29) is 0 Å². The molecule has 10 rings (SSSR count). The normalized spacial score (nSPS) is 11.6. The minimum Gasteiger partial charge on any atom is -0.245 e. The quantitative estimate of drug-likeness (QED) is 0.180. The molecule has 0 saturated heterocycles. The van der Waals surface area contributed by atoms with Gasteiger partial charge in [0.25, 0.3) is 0 Å². The molecule has 0 radical (unpaired) electrons. The maximum absolute atomic E-state index is 5.20. The lowest BCUT2D eigenvalue weighted by atomic mass is 9.97. The number of rotatable bonds is 4. The van der Waals surface area contributed by atoms with E-state index >= 15 is 0 Å². The summed E-state index contributed by atoms with van der Waals surface area (Å²) in [7, 11) is 0. The lowest BCUT2D eigenvalue weighted by Crippen LogP contribution is -1.95. The molecule has 7 aromatic carbocycles. The maximum atomic E-state index is 5.20. The first-order valence-electron chi connectivity index (χ1n) is 16.8. The fourth-order valence-corrected chi connectivity index (χ4v) is 7.06. The van der Waals surface area contributed by atoms with Crippen LogP contribution in [0.15, 0.2) is 170 Å². The molecule has 0 aliphatic heterocycles. The standard InChI is InChI=1S/C46H28N4/c1-2-9-31(10-3-1)40-26-24-33-19-20-34-25-27-41(48-45(34)44(33)47-40)32-17-21-35(22-18-32)46-49-42-13-7-6-12-38(42)43(50-46)36-23-16-30-15-14-29-8-4-5-11-37(29)39(30)28-36/h1-28H. The molecule has 232 valence electrons. The molecule has 0 spiro atoms. The maximum Gasteiger partial charge on any atom is 0.160 e. The average molecular weight is 637 g/mol. The molecule has 3 aromatic heterocycles. The molecule has 4 nitrogen and oxygen atoms in total. The number of benzene rings is 7. The van der Waals surface area contributed by atoms with Gasteiger partial charge in [-0.15, -0.1) is 0 Å². The summed E-state index contributed by atoms with van der Waals surface area (Å²) in [6.07, 6.45) is 0. The van der Waals surface area contributed by atoms with E-state index in [1.807, 2.05) is 24.3 Å². The van der Waals surface area contributed by atoms with Crippen LogP contribution in [-0.4, -0.2) is 19.9 Å². The van der Waals surface area contributed by atoms with E-state index < -0.39 is 0 Å². The topological polar surface area (TPSA) is 51.6 Å². The summed E-state index contributed by atoms with van der Waals surface area (Å²) in [5.41, 5.74) is 9.61. The number of pyridine rings is 2. The molecule has 0 aliphatic rings. The third-order valence-corrected chi connectivity index (χ3v) is 9.65. The van der Waals surface area contributed by atoms with Gasteiger partial charge in [0.15, 0.2) is 5.82 Å². The van der Waals surface area contributed by atoms with Crippen LogP contribution in [0.4, 0.5) is 0 Å². The van der Waals surface area contributed by atoms with E-state index in [4.69, 9.17) is 19.9 Å². The van der Waals surface area contributed by atoms with E-state index in [2.05, 4.69) is 146 Å². The van der Waals surface area contributed by atoms with Gasteiger partial charge in [-0.25, -0.2) is 19.9 Å². The van der Waals surface area contributed by atoms with Gasteiger partial charge >= 0.3 is 0 Å². The van der Waals surface area contributed by atoms with Gasteiger partial charge in [0.05, 0.1) is 33.6 Å². The molecule has 0 atom stereocenters. The van der Waals surface area contributed by atoms with Crippen LogP contribution in [0.2, 0.25) is 0 Å². The summed E-state index contributed by atoms with van der Waals surface area (Å²) < 4.78 is 0. The van der Waals surface area contributed by atoms with E-state index in [0.29, 0.717) is 5.82 Å². The number of hydrogen-bond donors (Lipinski definition) is 0. The predicted molar refractivity (Wildman–Crippen MR) is 207 cm³/mol. The van der Waals surface area contributed by atoms with Crippen molar-refractivity contribution >= 4 is 54.3 Å². The van der Waals surface area contributed by atoms with Crippen molar-refractivity contribution in [2.24, 2.45) is 0 Å². The van der Waals surface area contributed by atoms with E-state index in [0.717, 1.165) is 72.0 Å². The third-order valence-electron chi connectivity index (χ3n) is 9.65. The summed E-state index contributed by atoms with van der Waals surface area (Å²) >= 11 is 0. The third kappa shape index (κ3) is 4.77. The summed E-state index contributed by atoms with van der Waals surface area (Å²) in [6, 6.07) is 59.2. The Morgan fingerprint density at radius 2 is 0.820 bits per heavy atom. The molecule has 50 heavy (non-hydrogen) atoms. The van der Waals surface area contributed by atoms with Crippen molar-refractivity contribution in [1.82, 2.24) is 19.9 Å². The first-order valence-corrected chi connectivity index (χ1v) is 16.8. The van der Waals surface area contributed by atoms with Gasteiger partial charge in [-0.3, -0.25) is 0 Å².